The van der Waals surface area contributed by atoms with Crippen LogP contribution in [-0.4, -0.2) is 58.0 Å². The van der Waals surface area contributed by atoms with E-state index < -0.39 is 73.6 Å². The smallest absolute Gasteiger partial charge is 0.243 e. The normalized spacial score (nSPS) is 12.2. The first kappa shape index (κ1) is 32.0. The summed E-state index contributed by atoms with van der Waals surface area (Å²) in [6, 6.07) is 10.8. The van der Waals surface area contributed by atoms with Gasteiger partial charge in [0.15, 0.2) is 17.4 Å². The Labute approximate surface area is 245 Å². The standard InChI is InChI=1S/C24H22Cl3F2N3O6S2/c1-31(39(34,35)14-15-8-17(26)10-18(27)9-15)6-7-32(13-23(30)33)40(36,37)20-11-21(28)24(22(29)12-20)38-19-4-2-16(25)3-5-19/h2-5,8-12H,6-7,13-14H2,1H3,(H2,30,33). The zero-order chi connectivity index (χ0) is 29.8. The Balaban J connectivity index is 1.82. The molecule has 0 fully saturated rings. The van der Waals surface area contributed by atoms with Crippen LogP contribution in [0.5, 0.6) is 11.5 Å². The number of likely N-dealkylation sites (N-methyl/N-ethyl adjacent to an activating group) is 1. The van der Waals surface area contributed by atoms with Crippen molar-refractivity contribution in [2.75, 3.05) is 26.7 Å². The average Bonchev–Trinajstić information content (AvgIpc) is 2.83. The maximum Gasteiger partial charge on any atom is 0.243 e. The summed E-state index contributed by atoms with van der Waals surface area (Å²) in [5.74, 6) is -5.09. The first-order valence-electron chi connectivity index (χ1n) is 11.2. The molecule has 0 spiro atoms. The Hall–Kier alpha value is -2.52. The number of nitrogens with two attached hydrogens (primary N) is 1. The van der Waals surface area contributed by atoms with Gasteiger partial charge in [0, 0.05) is 35.2 Å². The van der Waals surface area contributed by atoms with Crippen LogP contribution in [0, 0.1) is 11.6 Å². The Morgan fingerprint density at radius 2 is 1.43 bits per heavy atom. The van der Waals surface area contributed by atoms with Crippen molar-refractivity contribution in [1.82, 2.24) is 8.61 Å². The summed E-state index contributed by atoms with van der Waals surface area (Å²) >= 11 is 17.6. The molecule has 0 atom stereocenters. The summed E-state index contributed by atoms with van der Waals surface area (Å²) in [5, 5.41) is 0.808. The highest BCUT2D eigenvalue weighted by molar-refractivity contribution is 7.89. The van der Waals surface area contributed by atoms with Crippen LogP contribution >= 0.6 is 34.8 Å². The van der Waals surface area contributed by atoms with Crippen molar-refractivity contribution in [3.63, 3.8) is 0 Å². The fourth-order valence-corrected chi connectivity index (χ4v) is 6.70. The number of benzene rings is 3. The SMILES string of the molecule is CN(CCN(CC(N)=O)S(=O)(=O)c1cc(F)c(Oc2ccc(Cl)cc2)c(F)c1)S(=O)(=O)Cc1cc(Cl)cc(Cl)c1. The van der Waals surface area contributed by atoms with Crippen molar-refractivity contribution in [2.45, 2.75) is 10.6 Å². The number of hydrogen-bond donors (Lipinski definition) is 1. The molecule has 1 amide bonds. The number of rotatable bonds is 12. The van der Waals surface area contributed by atoms with Crippen LogP contribution in [0.4, 0.5) is 8.78 Å². The molecule has 0 aliphatic rings. The first-order chi connectivity index (χ1) is 18.6. The highest BCUT2D eigenvalue weighted by atomic mass is 35.5. The second kappa shape index (κ2) is 13.0. The summed E-state index contributed by atoms with van der Waals surface area (Å²) in [5.41, 5.74) is 5.48. The Morgan fingerprint density at radius 3 is 1.95 bits per heavy atom. The van der Waals surface area contributed by atoms with Crippen molar-refractivity contribution in [3.05, 3.63) is 86.9 Å². The molecule has 9 nitrogen and oxygen atoms in total. The third kappa shape index (κ3) is 8.26. The minimum absolute atomic E-state index is 0.0393. The van der Waals surface area contributed by atoms with E-state index >= 15 is 0 Å². The van der Waals surface area contributed by atoms with Gasteiger partial charge in [-0.1, -0.05) is 34.8 Å². The van der Waals surface area contributed by atoms with Gasteiger partial charge < -0.3 is 10.5 Å². The Kier molecular flexibility index (Phi) is 10.4. The molecule has 0 aliphatic carbocycles. The minimum atomic E-state index is -4.72. The fourth-order valence-electron chi connectivity index (χ4n) is 3.42. The van der Waals surface area contributed by atoms with Gasteiger partial charge in [0.05, 0.1) is 17.2 Å². The maximum absolute atomic E-state index is 14.8. The van der Waals surface area contributed by atoms with Crippen molar-refractivity contribution in [3.8, 4) is 11.5 Å². The number of sulfonamides is 2. The molecule has 0 heterocycles. The van der Waals surface area contributed by atoms with Gasteiger partial charge in [-0.2, -0.15) is 4.31 Å². The van der Waals surface area contributed by atoms with Gasteiger partial charge in [0.1, 0.15) is 5.75 Å². The summed E-state index contributed by atoms with van der Waals surface area (Å²) < 4.78 is 88.3. The number of carbonyl (C=O) groups excluding carboxylic acids is 1. The molecule has 0 aliphatic heterocycles. The van der Waals surface area contributed by atoms with E-state index in [1.165, 1.54) is 49.5 Å². The molecule has 3 aromatic carbocycles. The third-order valence-corrected chi connectivity index (χ3v) is 9.73. The molecule has 0 saturated heterocycles. The number of amides is 1. The predicted molar refractivity (Wildman–Crippen MR) is 148 cm³/mol. The third-order valence-electron chi connectivity index (χ3n) is 5.39. The van der Waals surface area contributed by atoms with Gasteiger partial charge >= 0.3 is 0 Å². The number of carbonyl (C=O) groups is 1. The molecule has 0 radical (unpaired) electrons. The van der Waals surface area contributed by atoms with Crippen LogP contribution in [0.15, 0.2) is 59.5 Å². The monoisotopic (exact) mass is 655 g/mol. The zero-order valence-electron chi connectivity index (χ0n) is 20.7. The van der Waals surface area contributed by atoms with E-state index in [1.54, 1.807) is 0 Å². The molecule has 2 N–H and O–H groups in total. The lowest BCUT2D eigenvalue weighted by Crippen LogP contribution is -2.43. The van der Waals surface area contributed by atoms with Crippen LogP contribution in [-0.2, 0) is 30.6 Å². The van der Waals surface area contributed by atoms with Gasteiger partial charge in [0.2, 0.25) is 26.0 Å². The number of primary amides is 1. The molecule has 40 heavy (non-hydrogen) atoms. The first-order valence-corrected chi connectivity index (χ1v) is 15.4. The molecule has 16 heteroatoms. The zero-order valence-corrected chi connectivity index (χ0v) is 24.6. The lowest BCUT2D eigenvalue weighted by Gasteiger charge is -2.24. The van der Waals surface area contributed by atoms with Crippen molar-refractivity contribution in [1.29, 1.82) is 0 Å². The minimum Gasteiger partial charge on any atom is -0.451 e. The van der Waals surface area contributed by atoms with E-state index in [2.05, 4.69) is 0 Å². The van der Waals surface area contributed by atoms with Gasteiger partial charge in [-0.3, -0.25) is 4.79 Å². The molecule has 0 saturated carbocycles. The Morgan fingerprint density at radius 1 is 0.875 bits per heavy atom. The van der Waals surface area contributed by atoms with Crippen LogP contribution in [0.2, 0.25) is 15.1 Å². The molecule has 216 valence electrons. The molecule has 0 aromatic heterocycles. The van der Waals surface area contributed by atoms with E-state index in [0.29, 0.717) is 21.5 Å². The predicted octanol–water partition coefficient (Wildman–Crippen LogP) is 4.66. The lowest BCUT2D eigenvalue weighted by atomic mass is 10.2. The second-order valence-corrected chi connectivity index (χ2v) is 13.8. The van der Waals surface area contributed by atoms with Crippen LogP contribution in [0.3, 0.4) is 0 Å². The fraction of sp³-hybridized carbons (Fsp3) is 0.208. The molecule has 3 aromatic rings. The topological polar surface area (TPSA) is 127 Å². The highest BCUT2D eigenvalue weighted by Gasteiger charge is 2.30. The summed E-state index contributed by atoms with van der Waals surface area (Å²) in [4.78, 5) is 10.8. The molecular weight excluding hydrogens is 635 g/mol. The van der Waals surface area contributed by atoms with E-state index in [0.717, 1.165) is 4.31 Å². The number of halogens is 5. The molecule has 0 unspecified atom stereocenters. The van der Waals surface area contributed by atoms with E-state index in [9.17, 15) is 30.4 Å². The van der Waals surface area contributed by atoms with Crippen molar-refractivity contribution >= 4 is 60.8 Å². The van der Waals surface area contributed by atoms with E-state index in [1.807, 2.05) is 0 Å². The number of nitrogens with zero attached hydrogens (tertiary/aromatic N) is 2. The van der Waals surface area contributed by atoms with Gasteiger partial charge in [-0.15, -0.1) is 0 Å². The molecule has 3 rings (SSSR count). The second-order valence-electron chi connectivity index (χ2n) is 8.43. The van der Waals surface area contributed by atoms with Gasteiger partial charge in [-0.25, -0.2) is 29.9 Å². The van der Waals surface area contributed by atoms with Gasteiger partial charge in [-0.05, 0) is 60.2 Å². The largest absolute Gasteiger partial charge is 0.451 e. The van der Waals surface area contributed by atoms with Gasteiger partial charge in [0.25, 0.3) is 0 Å². The van der Waals surface area contributed by atoms with E-state index in [4.69, 9.17) is 45.3 Å². The van der Waals surface area contributed by atoms with Crippen LogP contribution in [0.1, 0.15) is 5.56 Å². The van der Waals surface area contributed by atoms with Crippen molar-refractivity contribution < 1.29 is 35.1 Å². The highest BCUT2D eigenvalue weighted by Crippen LogP contribution is 2.31. The number of hydrogen-bond acceptors (Lipinski definition) is 6. The molecular formula is C24H22Cl3F2N3O6S2. The molecule has 0 bridgehead atoms. The van der Waals surface area contributed by atoms with Crippen LogP contribution < -0.4 is 10.5 Å². The summed E-state index contributed by atoms with van der Waals surface area (Å²) in [7, 11) is -7.53. The Bertz CT molecular complexity index is 1580. The summed E-state index contributed by atoms with van der Waals surface area (Å²) in [6.45, 7) is -1.87. The lowest BCUT2D eigenvalue weighted by molar-refractivity contribution is -0.118. The maximum atomic E-state index is 14.8. The van der Waals surface area contributed by atoms with E-state index in [-0.39, 0.29) is 21.4 Å². The average molecular weight is 657 g/mol. The van der Waals surface area contributed by atoms with Crippen molar-refractivity contribution in [2.24, 2.45) is 5.73 Å². The quantitative estimate of drug-likeness (QED) is 0.302. The number of ether oxygens (including phenoxy) is 1. The summed E-state index contributed by atoms with van der Waals surface area (Å²) in [6.07, 6.45) is 0. The van der Waals surface area contributed by atoms with Crippen LogP contribution in [0.25, 0.3) is 0 Å².